The Morgan fingerprint density at radius 2 is 1.93 bits per heavy atom. The van der Waals surface area contributed by atoms with Crippen LogP contribution < -0.4 is 5.73 Å². The second kappa shape index (κ2) is 4.67. The molecule has 1 fully saturated rings. The molecule has 2 rings (SSSR count). The quantitative estimate of drug-likeness (QED) is 0.750. The average molecular weight is 204 g/mol. The van der Waals surface area contributed by atoms with Gasteiger partial charge in [0, 0.05) is 12.2 Å². The SMILES string of the molecule is Cc1ccc(CN2CCCCC2)c(N)c1. The lowest BCUT2D eigenvalue weighted by atomic mass is 10.1. The van der Waals surface area contributed by atoms with Gasteiger partial charge in [-0.2, -0.15) is 0 Å². The van der Waals surface area contributed by atoms with Crippen LogP contribution in [0.15, 0.2) is 18.2 Å². The predicted molar refractivity (Wildman–Crippen MR) is 64.7 cm³/mol. The molecule has 1 aromatic rings. The number of hydrogen-bond donors (Lipinski definition) is 1. The molecule has 0 saturated carbocycles. The molecule has 0 bridgehead atoms. The van der Waals surface area contributed by atoms with Gasteiger partial charge in [0.15, 0.2) is 0 Å². The normalized spacial score (nSPS) is 17.9. The Bertz CT molecular complexity index is 327. The van der Waals surface area contributed by atoms with Crippen molar-refractivity contribution in [2.45, 2.75) is 32.7 Å². The van der Waals surface area contributed by atoms with E-state index in [1.165, 1.54) is 43.5 Å². The zero-order valence-corrected chi connectivity index (χ0v) is 9.50. The Kier molecular flexibility index (Phi) is 3.27. The molecule has 15 heavy (non-hydrogen) atoms. The molecule has 0 amide bonds. The van der Waals surface area contributed by atoms with E-state index in [1.807, 2.05) is 0 Å². The molecule has 1 aliphatic heterocycles. The van der Waals surface area contributed by atoms with Crippen LogP contribution >= 0.6 is 0 Å². The molecule has 1 aromatic carbocycles. The lowest BCUT2D eigenvalue weighted by Crippen LogP contribution is -2.29. The van der Waals surface area contributed by atoms with E-state index in [0.717, 1.165) is 12.2 Å². The van der Waals surface area contributed by atoms with Crippen LogP contribution in [0.2, 0.25) is 0 Å². The molecule has 0 atom stereocenters. The molecule has 1 saturated heterocycles. The number of benzene rings is 1. The number of hydrogen-bond acceptors (Lipinski definition) is 2. The highest BCUT2D eigenvalue weighted by molar-refractivity contribution is 5.48. The van der Waals surface area contributed by atoms with Gasteiger partial charge in [0.05, 0.1) is 0 Å². The van der Waals surface area contributed by atoms with Gasteiger partial charge < -0.3 is 5.73 Å². The first-order valence-corrected chi connectivity index (χ1v) is 5.83. The monoisotopic (exact) mass is 204 g/mol. The molecule has 0 radical (unpaired) electrons. The average Bonchev–Trinajstić information content (AvgIpc) is 2.24. The Hall–Kier alpha value is -1.02. The maximum absolute atomic E-state index is 6.01. The summed E-state index contributed by atoms with van der Waals surface area (Å²) in [6, 6.07) is 6.38. The minimum atomic E-state index is 0.945. The fraction of sp³-hybridized carbons (Fsp3) is 0.538. The summed E-state index contributed by atoms with van der Waals surface area (Å²) in [6.45, 7) is 5.56. The van der Waals surface area contributed by atoms with E-state index in [0.29, 0.717) is 0 Å². The molecule has 2 N–H and O–H groups in total. The lowest BCUT2D eigenvalue weighted by molar-refractivity contribution is 0.221. The van der Waals surface area contributed by atoms with Gasteiger partial charge in [-0.1, -0.05) is 18.6 Å². The van der Waals surface area contributed by atoms with Gasteiger partial charge in [0.1, 0.15) is 0 Å². The Morgan fingerprint density at radius 1 is 1.20 bits per heavy atom. The number of likely N-dealkylation sites (tertiary alicyclic amines) is 1. The first-order chi connectivity index (χ1) is 7.25. The summed E-state index contributed by atoms with van der Waals surface area (Å²) in [7, 11) is 0. The van der Waals surface area contributed by atoms with E-state index in [1.54, 1.807) is 0 Å². The lowest BCUT2D eigenvalue weighted by Gasteiger charge is -2.26. The zero-order chi connectivity index (χ0) is 10.7. The predicted octanol–water partition coefficient (Wildman–Crippen LogP) is 2.56. The number of piperidine rings is 1. The second-order valence-electron chi connectivity index (χ2n) is 4.54. The maximum atomic E-state index is 6.01. The third kappa shape index (κ3) is 2.72. The summed E-state index contributed by atoms with van der Waals surface area (Å²) in [5.41, 5.74) is 9.48. The smallest absolute Gasteiger partial charge is 0.0362 e. The van der Waals surface area contributed by atoms with Gasteiger partial charge in [-0.05, 0) is 50.0 Å². The van der Waals surface area contributed by atoms with Gasteiger partial charge >= 0.3 is 0 Å². The molecular weight excluding hydrogens is 184 g/mol. The fourth-order valence-corrected chi connectivity index (χ4v) is 2.22. The highest BCUT2D eigenvalue weighted by atomic mass is 15.1. The van der Waals surface area contributed by atoms with Crippen LogP contribution in [-0.4, -0.2) is 18.0 Å². The number of nitrogens with zero attached hydrogens (tertiary/aromatic N) is 1. The molecule has 1 aliphatic rings. The summed E-state index contributed by atoms with van der Waals surface area (Å²) in [4.78, 5) is 2.50. The fourth-order valence-electron chi connectivity index (χ4n) is 2.22. The number of anilines is 1. The van der Waals surface area contributed by atoms with E-state index in [9.17, 15) is 0 Å². The van der Waals surface area contributed by atoms with Gasteiger partial charge in [-0.3, -0.25) is 4.90 Å². The molecule has 1 heterocycles. The molecule has 0 spiro atoms. The van der Waals surface area contributed by atoms with Crippen molar-refractivity contribution in [3.8, 4) is 0 Å². The first kappa shape index (κ1) is 10.5. The van der Waals surface area contributed by atoms with Crippen LogP contribution in [0.5, 0.6) is 0 Å². The van der Waals surface area contributed by atoms with E-state index in [4.69, 9.17) is 5.73 Å². The summed E-state index contributed by atoms with van der Waals surface area (Å²) >= 11 is 0. The summed E-state index contributed by atoms with van der Waals surface area (Å²) in [5, 5.41) is 0. The van der Waals surface area contributed by atoms with E-state index >= 15 is 0 Å². The molecule has 0 aliphatic carbocycles. The van der Waals surface area contributed by atoms with Crippen LogP contribution in [0.1, 0.15) is 30.4 Å². The largest absolute Gasteiger partial charge is 0.398 e. The second-order valence-corrected chi connectivity index (χ2v) is 4.54. The number of nitrogens with two attached hydrogens (primary N) is 1. The Balaban J connectivity index is 2.03. The van der Waals surface area contributed by atoms with Crippen molar-refractivity contribution in [2.24, 2.45) is 0 Å². The third-order valence-corrected chi connectivity index (χ3v) is 3.14. The summed E-state index contributed by atoms with van der Waals surface area (Å²) < 4.78 is 0. The topological polar surface area (TPSA) is 29.3 Å². The summed E-state index contributed by atoms with van der Waals surface area (Å²) in [5.74, 6) is 0. The van der Waals surface area contributed by atoms with Crippen molar-refractivity contribution in [3.05, 3.63) is 29.3 Å². The van der Waals surface area contributed by atoms with Crippen molar-refractivity contribution in [2.75, 3.05) is 18.8 Å². The molecule has 0 unspecified atom stereocenters. The first-order valence-electron chi connectivity index (χ1n) is 5.83. The molecule has 82 valence electrons. The minimum Gasteiger partial charge on any atom is -0.398 e. The number of rotatable bonds is 2. The van der Waals surface area contributed by atoms with Crippen LogP contribution in [0, 0.1) is 6.92 Å². The van der Waals surface area contributed by atoms with E-state index in [-0.39, 0.29) is 0 Å². The van der Waals surface area contributed by atoms with Crippen LogP contribution in [0.4, 0.5) is 5.69 Å². The van der Waals surface area contributed by atoms with E-state index < -0.39 is 0 Å². The van der Waals surface area contributed by atoms with Crippen molar-refractivity contribution in [1.29, 1.82) is 0 Å². The minimum absolute atomic E-state index is 0.945. The number of nitrogen functional groups attached to an aromatic ring is 1. The van der Waals surface area contributed by atoms with Crippen LogP contribution in [-0.2, 0) is 6.54 Å². The van der Waals surface area contributed by atoms with Crippen molar-refractivity contribution < 1.29 is 0 Å². The molecule has 0 aromatic heterocycles. The van der Waals surface area contributed by atoms with Crippen molar-refractivity contribution in [1.82, 2.24) is 4.90 Å². The third-order valence-electron chi connectivity index (χ3n) is 3.14. The number of aryl methyl sites for hydroxylation is 1. The molecule has 2 heteroatoms. The van der Waals surface area contributed by atoms with E-state index in [2.05, 4.69) is 30.0 Å². The van der Waals surface area contributed by atoms with Gasteiger partial charge in [-0.25, -0.2) is 0 Å². The van der Waals surface area contributed by atoms with Gasteiger partial charge in [0.2, 0.25) is 0 Å². The van der Waals surface area contributed by atoms with Crippen molar-refractivity contribution >= 4 is 5.69 Å². The Morgan fingerprint density at radius 3 is 2.60 bits per heavy atom. The highest BCUT2D eigenvalue weighted by Crippen LogP contribution is 2.18. The molecule has 2 nitrogen and oxygen atoms in total. The van der Waals surface area contributed by atoms with Gasteiger partial charge in [0.25, 0.3) is 0 Å². The maximum Gasteiger partial charge on any atom is 0.0362 e. The van der Waals surface area contributed by atoms with Crippen LogP contribution in [0.3, 0.4) is 0 Å². The Labute approximate surface area is 92.1 Å². The standard InChI is InChI=1S/C13H20N2/c1-11-5-6-12(13(14)9-11)10-15-7-3-2-4-8-15/h5-6,9H,2-4,7-8,10,14H2,1H3. The molecular formula is C13H20N2. The zero-order valence-electron chi connectivity index (χ0n) is 9.50. The van der Waals surface area contributed by atoms with Crippen molar-refractivity contribution in [3.63, 3.8) is 0 Å². The highest BCUT2D eigenvalue weighted by Gasteiger charge is 2.11. The van der Waals surface area contributed by atoms with Gasteiger partial charge in [-0.15, -0.1) is 0 Å². The summed E-state index contributed by atoms with van der Waals surface area (Å²) in [6.07, 6.45) is 4.07. The van der Waals surface area contributed by atoms with Crippen LogP contribution in [0.25, 0.3) is 0 Å².